The Morgan fingerprint density at radius 2 is 2.22 bits per heavy atom. The molecule has 0 saturated carbocycles. The highest BCUT2D eigenvalue weighted by atomic mass is 16.1. The first-order valence-electron chi connectivity index (χ1n) is 8.26. The molecule has 3 rings (SSSR count). The van der Waals surface area contributed by atoms with Gasteiger partial charge in [0.1, 0.15) is 0 Å². The number of carbonyl (C=O) groups is 1. The van der Waals surface area contributed by atoms with Gasteiger partial charge in [-0.15, -0.1) is 0 Å². The highest BCUT2D eigenvalue weighted by molar-refractivity contribution is 5.78. The zero-order chi connectivity index (χ0) is 16.1. The molecule has 1 aromatic heterocycles. The van der Waals surface area contributed by atoms with Crippen molar-refractivity contribution in [2.24, 2.45) is 5.92 Å². The number of hydrogen-bond acceptors (Lipinski definition) is 3. The Bertz CT molecular complexity index is 638. The fraction of sp³-hybridized carbons (Fsp3) is 0.444. The number of amides is 1. The van der Waals surface area contributed by atoms with Crippen LogP contribution in [-0.2, 0) is 17.9 Å². The lowest BCUT2D eigenvalue weighted by molar-refractivity contribution is -0.126. The summed E-state index contributed by atoms with van der Waals surface area (Å²) in [5.74, 6) is 0.308. The Morgan fingerprint density at radius 1 is 1.39 bits per heavy atom. The van der Waals surface area contributed by atoms with E-state index in [-0.39, 0.29) is 11.8 Å². The lowest BCUT2D eigenvalue weighted by Crippen LogP contribution is -2.42. The molecule has 1 aliphatic rings. The molecule has 2 atom stereocenters. The maximum atomic E-state index is 12.4. The van der Waals surface area contributed by atoms with Crippen LogP contribution in [0.5, 0.6) is 0 Å². The number of nitrogens with zero attached hydrogens (tertiary/aromatic N) is 2. The van der Waals surface area contributed by atoms with Crippen LogP contribution in [0.3, 0.4) is 0 Å². The fourth-order valence-electron chi connectivity index (χ4n) is 3.16. The molecule has 0 spiro atoms. The molecule has 2 aromatic rings. The van der Waals surface area contributed by atoms with Gasteiger partial charge in [-0.05, 0) is 37.4 Å². The SMILES string of the molecule is C[C@H]1C[C@@H](C(=O)NCc2ccccc2Cn2ccnc2)CCN1. The summed E-state index contributed by atoms with van der Waals surface area (Å²) in [4.78, 5) is 16.5. The van der Waals surface area contributed by atoms with Crippen LogP contribution >= 0.6 is 0 Å². The molecular formula is C18H24N4O. The maximum absolute atomic E-state index is 12.4. The van der Waals surface area contributed by atoms with Gasteiger partial charge >= 0.3 is 0 Å². The third-order valence-corrected chi connectivity index (χ3v) is 4.48. The van der Waals surface area contributed by atoms with E-state index >= 15 is 0 Å². The smallest absolute Gasteiger partial charge is 0.223 e. The van der Waals surface area contributed by atoms with E-state index in [1.54, 1.807) is 6.20 Å². The van der Waals surface area contributed by atoms with Crippen LogP contribution in [0.2, 0.25) is 0 Å². The largest absolute Gasteiger partial charge is 0.352 e. The van der Waals surface area contributed by atoms with Crippen LogP contribution in [0.4, 0.5) is 0 Å². The summed E-state index contributed by atoms with van der Waals surface area (Å²) in [6.45, 7) is 4.43. The van der Waals surface area contributed by atoms with Crippen molar-refractivity contribution in [2.45, 2.75) is 38.9 Å². The van der Waals surface area contributed by atoms with Crippen LogP contribution in [0.25, 0.3) is 0 Å². The van der Waals surface area contributed by atoms with E-state index in [0.29, 0.717) is 12.6 Å². The van der Waals surface area contributed by atoms with Crippen molar-refractivity contribution in [3.63, 3.8) is 0 Å². The van der Waals surface area contributed by atoms with Crippen LogP contribution in [0.15, 0.2) is 43.0 Å². The fourth-order valence-corrected chi connectivity index (χ4v) is 3.16. The summed E-state index contributed by atoms with van der Waals surface area (Å²) in [5.41, 5.74) is 2.38. The van der Waals surface area contributed by atoms with E-state index in [9.17, 15) is 4.79 Å². The molecule has 1 fully saturated rings. The summed E-state index contributed by atoms with van der Waals surface area (Å²) < 4.78 is 2.04. The van der Waals surface area contributed by atoms with Crippen LogP contribution in [-0.4, -0.2) is 28.0 Å². The number of imidazole rings is 1. The van der Waals surface area contributed by atoms with Crippen molar-refractivity contribution in [3.05, 3.63) is 54.1 Å². The zero-order valence-electron chi connectivity index (χ0n) is 13.5. The molecule has 1 aromatic carbocycles. The van der Waals surface area contributed by atoms with Gasteiger partial charge in [-0.1, -0.05) is 24.3 Å². The first-order chi connectivity index (χ1) is 11.2. The lowest BCUT2D eigenvalue weighted by atomic mass is 9.92. The molecule has 23 heavy (non-hydrogen) atoms. The molecule has 5 heteroatoms. The van der Waals surface area contributed by atoms with E-state index in [0.717, 1.165) is 31.5 Å². The predicted octanol–water partition coefficient (Wildman–Crippen LogP) is 1.94. The predicted molar refractivity (Wildman–Crippen MR) is 89.8 cm³/mol. The van der Waals surface area contributed by atoms with E-state index < -0.39 is 0 Å². The van der Waals surface area contributed by atoms with Gasteiger partial charge in [0.25, 0.3) is 0 Å². The molecule has 5 nitrogen and oxygen atoms in total. The highest BCUT2D eigenvalue weighted by Gasteiger charge is 2.24. The minimum absolute atomic E-state index is 0.132. The van der Waals surface area contributed by atoms with Crippen molar-refractivity contribution in [3.8, 4) is 0 Å². The molecular weight excluding hydrogens is 288 g/mol. The Balaban J connectivity index is 1.60. The molecule has 1 amide bonds. The van der Waals surface area contributed by atoms with Crippen LogP contribution in [0.1, 0.15) is 30.9 Å². The number of hydrogen-bond donors (Lipinski definition) is 2. The molecule has 0 radical (unpaired) electrons. The van der Waals surface area contributed by atoms with Gasteiger partial charge in [-0.3, -0.25) is 4.79 Å². The van der Waals surface area contributed by atoms with Gasteiger partial charge in [0, 0.05) is 37.4 Å². The number of aromatic nitrogens is 2. The van der Waals surface area contributed by atoms with Crippen molar-refractivity contribution in [1.82, 2.24) is 20.2 Å². The monoisotopic (exact) mass is 312 g/mol. The summed E-state index contributed by atoms with van der Waals surface area (Å²) in [7, 11) is 0. The molecule has 0 aliphatic carbocycles. The lowest BCUT2D eigenvalue weighted by Gasteiger charge is -2.27. The minimum atomic E-state index is 0.132. The third kappa shape index (κ3) is 4.20. The molecule has 2 N–H and O–H groups in total. The first kappa shape index (κ1) is 15.7. The Labute approximate surface area is 137 Å². The first-order valence-corrected chi connectivity index (χ1v) is 8.26. The highest BCUT2D eigenvalue weighted by Crippen LogP contribution is 2.17. The number of nitrogens with one attached hydrogen (secondary N) is 2. The average molecular weight is 312 g/mol. The second-order valence-corrected chi connectivity index (χ2v) is 6.30. The van der Waals surface area contributed by atoms with Gasteiger partial charge in [0.2, 0.25) is 5.91 Å². The molecule has 122 valence electrons. The van der Waals surface area contributed by atoms with Crippen molar-refractivity contribution >= 4 is 5.91 Å². The normalized spacial score (nSPS) is 21.1. The van der Waals surface area contributed by atoms with E-state index in [1.807, 2.05) is 29.2 Å². The molecule has 1 saturated heterocycles. The topological polar surface area (TPSA) is 59.0 Å². The number of piperidine rings is 1. The summed E-state index contributed by atoms with van der Waals surface area (Å²) in [6, 6.07) is 8.66. The molecule has 2 heterocycles. The number of carbonyl (C=O) groups excluding carboxylic acids is 1. The van der Waals surface area contributed by atoms with Gasteiger partial charge in [-0.2, -0.15) is 0 Å². The number of benzene rings is 1. The second-order valence-electron chi connectivity index (χ2n) is 6.30. The van der Waals surface area contributed by atoms with Gasteiger partial charge in [-0.25, -0.2) is 4.98 Å². The zero-order valence-corrected chi connectivity index (χ0v) is 13.5. The van der Waals surface area contributed by atoms with Gasteiger partial charge in [0.05, 0.1) is 6.33 Å². The van der Waals surface area contributed by atoms with E-state index in [1.165, 1.54) is 5.56 Å². The van der Waals surface area contributed by atoms with E-state index in [2.05, 4.69) is 34.7 Å². The molecule has 1 aliphatic heterocycles. The summed E-state index contributed by atoms with van der Waals surface area (Å²) >= 11 is 0. The Morgan fingerprint density at radius 3 is 2.96 bits per heavy atom. The van der Waals surface area contributed by atoms with Crippen LogP contribution in [0, 0.1) is 5.92 Å². The summed E-state index contributed by atoms with van der Waals surface area (Å²) in [6.07, 6.45) is 7.38. The maximum Gasteiger partial charge on any atom is 0.223 e. The average Bonchev–Trinajstić information content (AvgIpc) is 3.07. The Hall–Kier alpha value is -2.14. The van der Waals surface area contributed by atoms with Crippen LogP contribution < -0.4 is 10.6 Å². The van der Waals surface area contributed by atoms with E-state index in [4.69, 9.17) is 0 Å². The summed E-state index contributed by atoms with van der Waals surface area (Å²) in [5, 5.41) is 6.50. The number of rotatable bonds is 5. The second kappa shape index (κ2) is 7.42. The van der Waals surface area contributed by atoms with Gasteiger partial charge in [0.15, 0.2) is 0 Å². The minimum Gasteiger partial charge on any atom is -0.352 e. The molecule has 0 bridgehead atoms. The quantitative estimate of drug-likeness (QED) is 0.887. The van der Waals surface area contributed by atoms with Gasteiger partial charge < -0.3 is 15.2 Å². The van der Waals surface area contributed by atoms with Crippen molar-refractivity contribution < 1.29 is 4.79 Å². The standard InChI is InChI=1S/C18H24N4O/c1-14-10-15(6-7-20-14)18(23)21-11-16-4-2-3-5-17(16)12-22-9-8-19-13-22/h2-5,8-9,13-15,20H,6-7,10-12H2,1H3,(H,21,23)/t14-,15-/m0/s1. The van der Waals surface area contributed by atoms with Crippen molar-refractivity contribution in [2.75, 3.05) is 6.54 Å². The molecule has 0 unspecified atom stereocenters. The van der Waals surface area contributed by atoms with Crippen molar-refractivity contribution in [1.29, 1.82) is 0 Å². The third-order valence-electron chi connectivity index (χ3n) is 4.48. The Kier molecular flexibility index (Phi) is 5.08.